The Morgan fingerprint density at radius 2 is 1.15 bits per heavy atom. The first kappa shape index (κ1) is 26.0. The first-order valence-corrected chi connectivity index (χ1v) is 11.7. The number of amides is 2. The third-order valence-electron chi connectivity index (χ3n) is 5.46. The number of hydrazone groups is 2. The van der Waals surface area contributed by atoms with Crippen LogP contribution < -0.4 is 10.9 Å². The van der Waals surface area contributed by atoms with Crippen molar-refractivity contribution in [2.75, 3.05) is 0 Å². The van der Waals surface area contributed by atoms with E-state index < -0.39 is 17.7 Å². The maximum atomic E-state index is 12.6. The van der Waals surface area contributed by atoms with Crippen LogP contribution in [0.25, 0.3) is 0 Å². The van der Waals surface area contributed by atoms with E-state index >= 15 is 0 Å². The quantitative estimate of drug-likeness (QED) is 0.276. The molecule has 2 rings (SSSR count). The zero-order chi connectivity index (χ0) is 24.2. The van der Waals surface area contributed by atoms with Crippen molar-refractivity contribution in [1.82, 2.24) is 10.9 Å². The van der Waals surface area contributed by atoms with Gasteiger partial charge in [-0.1, -0.05) is 96.0 Å². The minimum absolute atomic E-state index is 0.436. The normalized spacial score (nSPS) is 12.6. The molecule has 0 aliphatic rings. The van der Waals surface area contributed by atoms with E-state index in [2.05, 4.69) is 48.7 Å². The predicted octanol–water partition coefficient (Wildman–Crippen LogP) is 5.34. The number of rotatable bonds is 11. The highest BCUT2D eigenvalue weighted by Crippen LogP contribution is 2.15. The first-order chi connectivity index (χ1) is 15.8. The van der Waals surface area contributed by atoms with Crippen LogP contribution in [0.1, 0.15) is 88.0 Å². The second kappa shape index (κ2) is 13.3. The van der Waals surface area contributed by atoms with Gasteiger partial charge in [-0.2, -0.15) is 10.2 Å². The molecule has 0 atom stereocenters. The predicted molar refractivity (Wildman–Crippen MR) is 136 cm³/mol. The minimum atomic E-state index is -0.856. The van der Waals surface area contributed by atoms with Crippen molar-refractivity contribution in [2.24, 2.45) is 16.1 Å². The first-order valence-electron chi connectivity index (χ1n) is 11.7. The second-order valence-corrected chi connectivity index (χ2v) is 8.81. The van der Waals surface area contributed by atoms with Crippen LogP contribution in [0.3, 0.4) is 0 Å². The van der Waals surface area contributed by atoms with Gasteiger partial charge in [-0.3, -0.25) is 9.59 Å². The molecular weight excluding hydrogens is 412 g/mol. The van der Waals surface area contributed by atoms with Gasteiger partial charge in [0.2, 0.25) is 0 Å². The monoisotopic (exact) mass is 448 g/mol. The van der Waals surface area contributed by atoms with Crippen LogP contribution in [0.15, 0.2) is 58.7 Å². The molecule has 0 unspecified atom stereocenters. The Morgan fingerprint density at radius 1 is 0.758 bits per heavy atom. The Labute approximate surface area is 197 Å². The van der Waals surface area contributed by atoms with Crippen molar-refractivity contribution in [3.8, 4) is 0 Å². The topological polar surface area (TPSA) is 82.9 Å². The molecular formula is C27H36N4O2. The molecule has 0 radical (unpaired) electrons. The van der Waals surface area contributed by atoms with E-state index in [-0.39, 0.29) is 0 Å². The highest BCUT2D eigenvalue weighted by atomic mass is 16.2. The number of hydrogen-bond acceptors (Lipinski definition) is 4. The van der Waals surface area contributed by atoms with Crippen LogP contribution in [0.5, 0.6) is 0 Å². The summed E-state index contributed by atoms with van der Waals surface area (Å²) < 4.78 is 0. The van der Waals surface area contributed by atoms with Gasteiger partial charge in [-0.15, -0.1) is 0 Å². The molecule has 0 spiro atoms. The Bertz CT molecular complexity index is 870. The van der Waals surface area contributed by atoms with E-state index in [1.165, 1.54) is 11.1 Å². The van der Waals surface area contributed by atoms with Crippen molar-refractivity contribution in [3.63, 3.8) is 0 Å². The molecule has 2 N–H and O–H groups in total. The summed E-state index contributed by atoms with van der Waals surface area (Å²) in [7, 11) is 0. The zero-order valence-corrected chi connectivity index (χ0v) is 20.3. The summed E-state index contributed by atoms with van der Waals surface area (Å²) in [5.74, 6) is -0.822. The van der Waals surface area contributed by atoms with Crippen molar-refractivity contribution in [1.29, 1.82) is 0 Å². The smallest absolute Gasteiger partial charge is 0.252 e. The summed E-state index contributed by atoms with van der Waals surface area (Å²) in [5.41, 5.74) is 9.24. The molecule has 2 aromatic rings. The van der Waals surface area contributed by atoms with E-state index in [0.29, 0.717) is 18.3 Å². The van der Waals surface area contributed by atoms with Crippen LogP contribution in [0, 0.1) is 5.92 Å². The fraction of sp³-hybridized carbons (Fsp3) is 0.407. The van der Waals surface area contributed by atoms with E-state index in [1.807, 2.05) is 55.5 Å². The molecule has 0 saturated heterocycles. The van der Waals surface area contributed by atoms with Crippen molar-refractivity contribution >= 4 is 24.2 Å². The molecule has 6 nitrogen and oxygen atoms in total. The average molecular weight is 449 g/mol. The fourth-order valence-electron chi connectivity index (χ4n) is 3.22. The standard InChI is InChI=1S/C27H36N4O2/c1-6-7-8-25(26(32)30-28-17-21-9-13-23(14-10-21)19(2)3)27(33)31-29-18-22-11-15-24(16-12-22)20(4)5/h9-20,25H,6-8H2,1-5H3,(H,30,32)(H,31,33). The third kappa shape index (κ3) is 8.64. The maximum Gasteiger partial charge on any atom is 0.252 e. The van der Waals surface area contributed by atoms with Gasteiger partial charge >= 0.3 is 0 Å². The van der Waals surface area contributed by atoms with Crippen LogP contribution >= 0.6 is 0 Å². The van der Waals surface area contributed by atoms with Crippen LogP contribution in [-0.2, 0) is 9.59 Å². The molecule has 0 aromatic heterocycles. The van der Waals surface area contributed by atoms with Crippen LogP contribution in [0.2, 0.25) is 0 Å². The molecule has 33 heavy (non-hydrogen) atoms. The molecule has 0 aliphatic heterocycles. The lowest BCUT2D eigenvalue weighted by Gasteiger charge is -2.13. The minimum Gasteiger partial charge on any atom is -0.272 e. The summed E-state index contributed by atoms with van der Waals surface area (Å²) >= 11 is 0. The molecule has 176 valence electrons. The van der Waals surface area contributed by atoms with Gasteiger partial charge in [0.05, 0.1) is 12.4 Å². The Morgan fingerprint density at radius 3 is 1.48 bits per heavy atom. The van der Waals surface area contributed by atoms with E-state index in [4.69, 9.17) is 0 Å². The molecule has 0 fully saturated rings. The largest absolute Gasteiger partial charge is 0.272 e. The van der Waals surface area contributed by atoms with E-state index in [9.17, 15) is 9.59 Å². The second-order valence-electron chi connectivity index (χ2n) is 8.81. The number of benzene rings is 2. The van der Waals surface area contributed by atoms with Gasteiger partial charge < -0.3 is 0 Å². The van der Waals surface area contributed by atoms with Gasteiger partial charge in [-0.25, -0.2) is 10.9 Å². The van der Waals surface area contributed by atoms with Crippen LogP contribution in [-0.4, -0.2) is 24.2 Å². The van der Waals surface area contributed by atoms with E-state index in [0.717, 1.165) is 24.0 Å². The maximum absolute atomic E-state index is 12.6. The molecule has 0 heterocycles. The number of unbranched alkanes of at least 4 members (excludes halogenated alkanes) is 1. The Balaban J connectivity index is 1.95. The van der Waals surface area contributed by atoms with Gasteiger partial charge in [0, 0.05) is 0 Å². The Kier molecular flexibility index (Phi) is 10.5. The number of nitrogens with one attached hydrogen (secondary N) is 2. The highest BCUT2D eigenvalue weighted by molar-refractivity contribution is 6.00. The van der Waals surface area contributed by atoms with Crippen molar-refractivity contribution in [3.05, 3.63) is 70.8 Å². The van der Waals surface area contributed by atoms with E-state index in [1.54, 1.807) is 12.4 Å². The SMILES string of the molecule is CCCCC(C(=O)NN=Cc1ccc(C(C)C)cc1)C(=O)NN=Cc1ccc(C(C)C)cc1. The number of carbonyl (C=O) groups is 2. The van der Waals surface area contributed by atoms with Gasteiger partial charge in [0.15, 0.2) is 0 Å². The lowest BCUT2D eigenvalue weighted by Crippen LogP contribution is -2.38. The highest BCUT2D eigenvalue weighted by Gasteiger charge is 2.25. The third-order valence-corrected chi connectivity index (χ3v) is 5.46. The summed E-state index contributed by atoms with van der Waals surface area (Å²) in [4.78, 5) is 25.2. The molecule has 6 heteroatoms. The van der Waals surface area contributed by atoms with Gasteiger partial charge in [-0.05, 0) is 40.5 Å². The number of hydrogen-bond donors (Lipinski definition) is 2. The molecule has 2 aromatic carbocycles. The summed E-state index contributed by atoms with van der Waals surface area (Å²) in [6.45, 7) is 10.6. The molecule has 0 bridgehead atoms. The fourth-order valence-corrected chi connectivity index (χ4v) is 3.22. The zero-order valence-electron chi connectivity index (χ0n) is 20.3. The molecule has 2 amide bonds. The summed E-state index contributed by atoms with van der Waals surface area (Å²) in [6, 6.07) is 16.0. The summed E-state index contributed by atoms with van der Waals surface area (Å²) in [6.07, 6.45) is 5.23. The van der Waals surface area contributed by atoms with Gasteiger partial charge in [0.1, 0.15) is 5.92 Å². The summed E-state index contributed by atoms with van der Waals surface area (Å²) in [5, 5.41) is 8.07. The Hall–Kier alpha value is -3.28. The lowest BCUT2D eigenvalue weighted by molar-refractivity contribution is -0.135. The molecule has 0 saturated carbocycles. The van der Waals surface area contributed by atoms with Crippen LogP contribution in [0.4, 0.5) is 0 Å². The van der Waals surface area contributed by atoms with Crippen molar-refractivity contribution < 1.29 is 9.59 Å². The average Bonchev–Trinajstić information content (AvgIpc) is 2.80. The van der Waals surface area contributed by atoms with Crippen molar-refractivity contribution in [2.45, 2.75) is 65.7 Å². The number of nitrogens with zero attached hydrogens (tertiary/aromatic N) is 2. The number of carbonyl (C=O) groups excluding carboxylic acids is 2. The van der Waals surface area contributed by atoms with Gasteiger partial charge in [0.25, 0.3) is 11.8 Å². The molecule has 0 aliphatic carbocycles. The lowest BCUT2D eigenvalue weighted by atomic mass is 10.0.